The highest BCUT2D eigenvalue weighted by Gasteiger charge is 2.32. The SMILES string of the molecule is Fc1cc2c(c(-c3ccccc3OC(F)(F)F)c1)OSNC2. The van der Waals surface area contributed by atoms with Crippen molar-refractivity contribution in [1.29, 1.82) is 0 Å². The van der Waals surface area contributed by atoms with Gasteiger partial charge in [-0.15, -0.1) is 13.2 Å². The van der Waals surface area contributed by atoms with E-state index < -0.39 is 17.9 Å². The van der Waals surface area contributed by atoms with Gasteiger partial charge >= 0.3 is 6.36 Å². The van der Waals surface area contributed by atoms with Crippen LogP contribution in [0.15, 0.2) is 36.4 Å². The van der Waals surface area contributed by atoms with Crippen LogP contribution < -0.4 is 13.6 Å². The van der Waals surface area contributed by atoms with Gasteiger partial charge in [0.2, 0.25) is 0 Å². The van der Waals surface area contributed by atoms with Gasteiger partial charge in [0.25, 0.3) is 0 Å². The molecule has 1 N–H and O–H groups in total. The first-order chi connectivity index (χ1) is 10.4. The van der Waals surface area contributed by atoms with Crippen molar-refractivity contribution >= 4 is 12.2 Å². The Morgan fingerprint density at radius 1 is 1.14 bits per heavy atom. The summed E-state index contributed by atoms with van der Waals surface area (Å²) in [5.41, 5.74) is 0.845. The second-order valence-electron chi connectivity index (χ2n) is 4.47. The minimum atomic E-state index is -4.83. The highest BCUT2D eigenvalue weighted by molar-refractivity contribution is 7.93. The van der Waals surface area contributed by atoms with Gasteiger partial charge in [0.15, 0.2) is 5.75 Å². The molecule has 8 heteroatoms. The van der Waals surface area contributed by atoms with Crippen LogP contribution in [0.3, 0.4) is 0 Å². The van der Waals surface area contributed by atoms with E-state index in [4.69, 9.17) is 4.18 Å². The van der Waals surface area contributed by atoms with Crippen LogP contribution in [0.2, 0.25) is 0 Å². The summed E-state index contributed by atoms with van der Waals surface area (Å²) < 4.78 is 63.5. The third-order valence-corrected chi connectivity index (χ3v) is 3.49. The quantitative estimate of drug-likeness (QED) is 0.501. The molecule has 1 aliphatic rings. The average molecular weight is 331 g/mol. The number of alkyl halides is 3. The maximum Gasteiger partial charge on any atom is 0.573 e. The molecule has 0 fully saturated rings. The summed E-state index contributed by atoms with van der Waals surface area (Å²) in [6.07, 6.45) is -4.83. The number of nitrogens with one attached hydrogen (secondary N) is 1. The fraction of sp³-hybridized carbons (Fsp3) is 0.143. The average Bonchev–Trinajstić information content (AvgIpc) is 2.45. The standard InChI is InChI=1S/C14H9F4NO2S/c15-9-5-8-7-19-22-21-13(8)11(6-9)10-3-1-2-4-12(10)20-14(16,17)18/h1-6,19H,7H2. The lowest BCUT2D eigenvalue weighted by Gasteiger charge is -2.21. The summed E-state index contributed by atoms with van der Waals surface area (Å²) in [6, 6.07) is 7.96. The van der Waals surface area contributed by atoms with Gasteiger partial charge in [-0.25, -0.2) is 9.11 Å². The zero-order valence-electron chi connectivity index (χ0n) is 10.9. The molecular weight excluding hydrogens is 322 g/mol. The van der Waals surface area contributed by atoms with Crippen molar-refractivity contribution in [3.8, 4) is 22.6 Å². The predicted octanol–water partition coefficient (Wildman–Crippen LogP) is 4.44. The number of rotatable bonds is 2. The van der Waals surface area contributed by atoms with Crippen LogP contribution >= 0.6 is 12.2 Å². The van der Waals surface area contributed by atoms with E-state index in [-0.39, 0.29) is 11.1 Å². The first kappa shape index (κ1) is 15.0. The van der Waals surface area contributed by atoms with Gasteiger partial charge in [-0.3, -0.25) is 0 Å². The van der Waals surface area contributed by atoms with E-state index in [0.29, 0.717) is 17.9 Å². The van der Waals surface area contributed by atoms with E-state index >= 15 is 0 Å². The van der Waals surface area contributed by atoms with Crippen LogP contribution in [-0.4, -0.2) is 6.36 Å². The van der Waals surface area contributed by atoms with Gasteiger partial charge in [-0.2, -0.15) is 0 Å². The van der Waals surface area contributed by atoms with E-state index in [1.807, 2.05) is 0 Å². The highest BCUT2D eigenvalue weighted by atomic mass is 32.2. The molecule has 0 aromatic heterocycles. The zero-order valence-corrected chi connectivity index (χ0v) is 11.7. The van der Waals surface area contributed by atoms with Crippen LogP contribution in [0.5, 0.6) is 11.5 Å². The van der Waals surface area contributed by atoms with Crippen molar-refractivity contribution in [3.05, 3.63) is 47.8 Å². The minimum Gasteiger partial charge on any atom is -0.409 e. The molecule has 0 aliphatic carbocycles. The van der Waals surface area contributed by atoms with Gasteiger partial charge in [0.1, 0.15) is 23.8 Å². The summed E-state index contributed by atoms with van der Waals surface area (Å²) in [6.45, 7) is 0.340. The molecule has 0 unspecified atom stereocenters. The number of halogens is 4. The van der Waals surface area contributed by atoms with Crippen molar-refractivity contribution in [2.24, 2.45) is 0 Å². The van der Waals surface area contributed by atoms with Crippen LogP contribution in [0.25, 0.3) is 11.1 Å². The Balaban J connectivity index is 2.14. The van der Waals surface area contributed by atoms with Crippen LogP contribution in [0.1, 0.15) is 5.56 Å². The molecular formula is C14H9F4NO2S. The molecule has 0 amide bonds. The molecule has 1 aliphatic heterocycles. The number of fused-ring (bicyclic) bond motifs is 1. The normalized spacial score (nSPS) is 14.2. The minimum absolute atomic E-state index is 0.109. The van der Waals surface area contributed by atoms with E-state index in [0.717, 1.165) is 18.3 Å². The monoisotopic (exact) mass is 331 g/mol. The lowest BCUT2D eigenvalue weighted by Crippen LogP contribution is -2.18. The topological polar surface area (TPSA) is 30.5 Å². The Morgan fingerprint density at radius 3 is 2.68 bits per heavy atom. The van der Waals surface area contributed by atoms with Crippen LogP contribution in [0.4, 0.5) is 17.6 Å². The maximum atomic E-state index is 13.8. The third kappa shape index (κ3) is 3.12. The molecule has 2 aromatic carbocycles. The molecule has 1 heterocycles. The zero-order chi connectivity index (χ0) is 15.7. The van der Waals surface area contributed by atoms with E-state index in [1.165, 1.54) is 24.3 Å². The van der Waals surface area contributed by atoms with Crippen molar-refractivity contribution in [2.75, 3.05) is 0 Å². The Bertz CT molecular complexity index is 706. The summed E-state index contributed by atoms with van der Waals surface area (Å²) in [5.74, 6) is -0.647. The number of para-hydroxylation sites is 1. The van der Waals surface area contributed by atoms with Gasteiger partial charge in [0, 0.05) is 23.2 Å². The number of benzene rings is 2. The fourth-order valence-electron chi connectivity index (χ4n) is 2.16. The summed E-state index contributed by atoms with van der Waals surface area (Å²) in [4.78, 5) is 0. The molecule has 3 rings (SSSR count). The van der Waals surface area contributed by atoms with E-state index in [1.54, 1.807) is 6.07 Å². The first-order valence-electron chi connectivity index (χ1n) is 6.18. The smallest absolute Gasteiger partial charge is 0.409 e. The summed E-state index contributed by atoms with van der Waals surface area (Å²) in [7, 11) is 0. The van der Waals surface area contributed by atoms with Crippen LogP contribution in [-0.2, 0) is 6.54 Å². The van der Waals surface area contributed by atoms with Crippen LogP contribution in [0, 0.1) is 5.82 Å². The fourth-order valence-corrected chi connectivity index (χ4v) is 2.71. The van der Waals surface area contributed by atoms with Crippen molar-refractivity contribution in [1.82, 2.24) is 4.72 Å². The lowest BCUT2D eigenvalue weighted by atomic mass is 10.00. The van der Waals surface area contributed by atoms with Gasteiger partial charge in [-0.1, -0.05) is 18.2 Å². The second kappa shape index (κ2) is 5.69. The number of ether oxygens (including phenoxy) is 1. The molecule has 22 heavy (non-hydrogen) atoms. The Morgan fingerprint density at radius 2 is 1.91 bits per heavy atom. The molecule has 3 nitrogen and oxygen atoms in total. The summed E-state index contributed by atoms with van der Waals surface area (Å²) in [5, 5.41) is 0. The summed E-state index contributed by atoms with van der Waals surface area (Å²) >= 11 is 0.936. The van der Waals surface area contributed by atoms with Gasteiger partial charge in [-0.05, 0) is 18.2 Å². The van der Waals surface area contributed by atoms with Crippen molar-refractivity contribution < 1.29 is 26.5 Å². The predicted molar refractivity (Wildman–Crippen MR) is 73.6 cm³/mol. The van der Waals surface area contributed by atoms with Crippen molar-refractivity contribution in [2.45, 2.75) is 12.9 Å². The highest BCUT2D eigenvalue weighted by Crippen LogP contribution is 2.42. The maximum absolute atomic E-state index is 13.8. The molecule has 0 saturated carbocycles. The number of hydrogen-bond acceptors (Lipinski definition) is 4. The number of hydrogen-bond donors (Lipinski definition) is 1. The largest absolute Gasteiger partial charge is 0.573 e. The molecule has 0 saturated heterocycles. The molecule has 0 atom stereocenters. The van der Waals surface area contributed by atoms with E-state index in [9.17, 15) is 17.6 Å². The van der Waals surface area contributed by atoms with Crippen molar-refractivity contribution in [3.63, 3.8) is 0 Å². The molecule has 0 radical (unpaired) electrons. The van der Waals surface area contributed by atoms with Gasteiger partial charge in [0.05, 0.1) is 0 Å². The third-order valence-electron chi connectivity index (χ3n) is 2.98. The molecule has 2 aromatic rings. The van der Waals surface area contributed by atoms with E-state index in [2.05, 4.69) is 9.46 Å². The Kier molecular flexibility index (Phi) is 3.88. The molecule has 0 spiro atoms. The molecule has 0 bridgehead atoms. The Hall–Kier alpha value is -1.93. The van der Waals surface area contributed by atoms with Gasteiger partial charge < -0.3 is 8.92 Å². The second-order valence-corrected chi connectivity index (χ2v) is 5.10. The lowest BCUT2D eigenvalue weighted by molar-refractivity contribution is -0.274. The Labute approximate surface area is 127 Å². The first-order valence-corrected chi connectivity index (χ1v) is 6.92. The molecule has 116 valence electrons.